The molecule has 11 heteroatoms. The first kappa shape index (κ1) is 35.7. The summed E-state index contributed by atoms with van der Waals surface area (Å²) in [6, 6.07) is 21.8. The standard InChI is InChI=1S/C35H41F2N3O6/c1-23(2)20-38-33(43)35(36,37)31(41)29(19-25-15-17-28(18-16-25)45-21-26-11-7-5-8-12-26)39-32(42)30(24(3)4)40-34(44)46-22-27-13-9-6-10-14-27/h5-18,23-24,29-30H,19-22H2,1-4H3,(H,38,43)(H,39,42)(H,40,44)/t29?,30-/m0/s1. The second-order valence-corrected chi connectivity index (χ2v) is 11.7. The lowest BCUT2D eigenvalue weighted by molar-refractivity contribution is -0.160. The Labute approximate surface area is 268 Å². The molecule has 0 saturated heterocycles. The highest BCUT2D eigenvalue weighted by Crippen LogP contribution is 2.22. The molecule has 46 heavy (non-hydrogen) atoms. The van der Waals surface area contributed by atoms with E-state index in [4.69, 9.17) is 9.47 Å². The van der Waals surface area contributed by atoms with Gasteiger partial charge in [0.15, 0.2) is 0 Å². The van der Waals surface area contributed by atoms with Gasteiger partial charge in [0.2, 0.25) is 11.7 Å². The molecule has 0 aromatic heterocycles. The predicted octanol–water partition coefficient (Wildman–Crippen LogP) is 5.22. The van der Waals surface area contributed by atoms with Crippen LogP contribution in [0.4, 0.5) is 13.6 Å². The van der Waals surface area contributed by atoms with Crippen molar-refractivity contribution >= 4 is 23.7 Å². The zero-order chi connectivity index (χ0) is 33.7. The second-order valence-electron chi connectivity index (χ2n) is 11.7. The van der Waals surface area contributed by atoms with E-state index in [1.54, 1.807) is 76.2 Å². The van der Waals surface area contributed by atoms with Crippen LogP contribution in [0.3, 0.4) is 0 Å². The molecule has 3 aromatic carbocycles. The molecule has 1 unspecified atom stereocenters. The molecule has 246 valence electrons. The van der Waals surface area contributed by atoms with Gasteiger partial charge in [0.1, 0.15) is 25.0 Å². The molecule has 0 aliphatic carbocycles. The van der Waals surface area contributed by atoms with Gasteiger partial charge in [-0.1, -0.05) is 100 Å². The summed E-state index contributed by atoms with van der Waals surface area (Å²) in [4.78, 5) is 51.5. The number of halogens is 2. The summed E-state index contributed by atoms with van der Waals surface area (Å²) in [5.41, 5.74) is 2.11. The fourth-order valence-corrected chi connectivity index (χ4v) is 4.33. The lowest BCUT2D eigenvalue weighted by Crippen LogP contribution is -2.59. The number of carbonyl (C=O) groups is 4. The van der Waals surface area contributed by atoms with Gasteiger partial charge in [-0.25, -0.2) is 4.79 Å². The van der Waals surface area contributed by atoms with Crippen molar-refractivity contribution in [3.8, 4) is 5.75 Å². The van der Waals surface area contributed by atoms with Gasteiger partial charge in [0.05, 0.1) is 6.04 Å². The van der Waals surface area contributed by atoms with E-state index in [9.17, 15) is 19.2 Å². The Hall–Kier alpha value is -4.80. The van der Waals surface area contributed by atoms with Crippen LogP contribution in [-0.4, -0.2) is 48.2 Å². The molecule has 0 bridgehead atoms. The fraction of sp³-hybridized carbons (Fsp3) is 0.371. The minimum atomic E-state index is -4.43. The van der Waals surface area contributed by atoms with E-state index < -0.39 is 47.6 Å². The number of hydrogen-bond acceptors (Lipinski definition) is 6. The van der Waals surface area contributed by atoms with Crippen molar-refractivity contribution in [2.75, 3.05) is 6.54 Å². The first-order valence-corrected chi connectivity index (χ1v) is 15.1. The van der Waals surface area contributed by atoms with Crippen LogP contribution in [0.15, 0.2) is 84.9 Å². The van der Waals surface area contributed by atoms with Crippen molar-refractivity contribution in [2.45, 2.75) is 65.3 Å². The molecule has 0 heterocycles. The summed E-state index contributed by atoms with van der Waals surface area (Å²) < 4.78 is 41.4. The van der Waals surface area contributed by atoms with E-state index in [0.29, 0.717) is 17.9 Å². The van der Waals surface area contributed by atoms with E-state index in [-0.39, 0.29) is 25.5 Å². The molecule has 0 spiro atoms. The number of alkyl carbamates (subject to hydrolysis) is 1. The number of alkyl halides is 2. The minimum Gasteiger partial charge on any atom is -0.489 e. The first-order chi connectivity index (χ1) is 21.9. The summed E-state index contributed by atoms with van der Waals surface area (Å²) >= 11 is 0. The Morgan fingerprint density at radius 2 is 1.30 bits per heavy atom. The van der Waals surface area contributed by atoms with E-state index in [1.807, 2.05) is 36.4 Å². The third kappa shape index (κ3) is 11.0. The first-order valence-electron chi connectivity index (χ1n) is 15.1. The van der Waals surface area contributed by atoms with Crippen molar-refractivity contribution in [1.82, 2.24) is 16.0 Å². The monoisotopic (exact) mass is 637 g/mol. The van der Waals surface area contributed by atoms with Gasteiger partial charge in [-0.2, -0.15) is 8.78 Å². The Kier molecular flexibility index (Phi) is 13.2. The van der Waals surface area contributed by atoms with E-state index >= 15 is 8.78 Å². The average molecular weight is 638 g/mol. The van der Waals surface area contributed by atoms with E-state index in [1.165, 1.54) is 0 Å². The number of rotatable bonds is 16. The maximum absolute atomic E-state index is 15.2. The normalized spacial score (nSPS) is 12.6. The highest BCUT2D eigenvalue weighted by atomic mass is 19.3. The summed E-state index contributed by atoms with van der Waals surface area (Å²) in [5, 5.41) is 6.91. The predicted molar refractivity (Wildman–Crippen MR) is 169 cm³/mol. The van der Waals surface area contributed by atoms with E-state index in [2.05, 4.69) is 16.0 Å². The SMILES string of the molecule is CC(C)CNC(=O)C(F)(F)C(=O)C(Cc1ccc(OCc2ccccc2)cc1)NC(=O)[C@@H](NC(=O)OCc1ccccc1)C(C)C. The Morgan fingerprint density at radius 3 is 1.85 bits per heavy atom. The highest BCUT2D eigenvalue weighted by molar-refractivity contribution is 6.10. The molecule has 2 atom stereocenters. The van der Waals surface area contributed by atoms with Crippen molar-refractivity contribution in [2.24, 2.45) is 11.8 Å². The quantitative estimate of drug-likeness (QED) is 0.185. The van der Waals surface area contributed by atoms with Crippen LogP contribution in [0, 0.1) is 11.8 Å². The third-order valence-corrected chi connectivity index (χ3v) is 6.95. The van der Waals surface area contributed by atoms with Crippen molar-refractivity contribution in [3.63, 3.8) is 0 Å². The molecular weight excluding hydrogens is 596 g/mol. The Balaban J connectivity index is 1.76. The van der Waals surface area contributed by atoms with Crippen LogP contribution in [0.2, 0.25) is 0 Å². The van der Waals surface area contributed by atoms with Gasteiger partial charge in [-0.05, 0) is 40.7 Å². The summed E-state index contributed by atoms with van der Waals surface area (Å²) in [7, 11) is 0. The number of amides is 3. The second kappa shape index (κ2) is 17.0. The summed E-state index contributed by atoms with van der Waals surface area (Å²) in [5.74, 6) is -8.97. The molecule has 3 amide bonds. The number of ether oxygens (including phenoxy) is 2. The zero-order valence-corrected chi connectivity index (χ0v) is 26.4. The molecule has 0 aliphatic heterocycles. The molecule has 0 saturated carbocycles. The Morgan fingerprint density at radius 1 is 0.739 bits per heavy atom. The number of benzene rings is 3. The number of Topliss-reactive ketones (excluding diaryl/α,β-unsaturated/α-hetero) is 1. The Bertz CT molecular complexity index is 1430. The van der Waals surface area contributed by atoms with E-state index in [0.717, 1.165) is 11.1 Å². The smallest absolute Gasteiger partial charge is 0.408 e. The van der Waals surface area contributed by atoms with Gasteiger partial charge in [-0.3, -0.25) is 14.4 Å². The molecular formula is C35H41F2N3O6. The van der Waals surface area contributed by atoms with Crippen molar-refractivity contribution in [1.29, 1.82) is 0 Å². The van der Waals surface area contributed by atoms with Gasteiger partial charge < -0.3 is 25.4 Å². The molecule has 0 aliphatic rings. The van der Waals surface area contributed by atoms with Crippen LogP contribution in [0.25, 0.3) is 0 Å². The average Bonchev–Trinajstić information content (AvgIpc) is 3.04. The van der Waals surface area contributed by atoms with Crippen molar-refractivity contribution < 1.29 is 37.4 Å². The number of carbonyl (C=O) groups excluding carboxylic acids is 4. The topological polar surface area (TPSA) is 123 Å². The van der Waals surface area contributed by atoms with Crippen LogP contribution >= 0.6 is 0 Å². The minimum absolute atomic E-state index is 0.0526. The molecule has 3 aromatic rings. The lowest BCUT2D eigenvalue weighted by Gasteiger charge is -2.27. The molecule has 3 rings (SSSR count). The molecule has 0 fully saturated rings. The molecule has 3 N–H and O–H groups in total. The largest absolute Gasteiger partial charge is 0.489 e. The van der Waals surface area contributed by atoms with Crippen LogP contribution in [-0.2, 0) is 38.8 Å². The highest BCUT2D eigenvalue weighted by Gasteiger charge is 2.50. The van der Waals surface area contributed by atoms with Gasteiger partial charge >= 0.3 is 12.0 Å². The van der Waals surface area contributed by atoms with Crippen LogP contribution in [0.1, 0.15) is 44.4 Å². The summed E-state index contributed by atoms with van der Waals surface area (Å²) in [6.07, 6.45) is -1.25. The number of hydrogen-bond donors (Lipinski definition) is 3. The molecule has 0 radical (unpaired) electrons. The van der Waals surface area contributed by atoms with Gasteiger partial charge in [0.25, 0.3) is 5.91 Å². The van der Waals surface area contributed by atoms with Gasteiger partial charge in [0, 0.05) is 13.0 Å². The maximum Gasteiger partial charge on any atom is 0.408 e. The van der Waals surface area contributed by atoms with Crippen LogP contribution in [0.5, 0.6) is 5.75 Å². The summed E-state index contributed by atoms with van der Waals surface area (Å²) in [6.45, 7) is 6.92. The lowest BCUT2D eigenvalue weighted by atomic mass is 9.96. The third-order valence-electron chi connectivity index (χ3n) is 6.95. The van der Waals surface area contributed by atoms with Crippen molar-refractivity contribution in [3.05, 3.63) is 102 Å². The fourth-order valence-electron chi connectivity index (χ4n) is 4.33. The van der Waals surface area contributed by atoms with Gasteiger partial charge in [-0.15, -0.1) is 0 Å². The zero-order valence-electron chi connectivity index (χ0n) is 26.4. The molecule has 9 nitrogen and oxygen atoms in total. The number of ketones is 1. The maximum atomic E-state index is 15.2. The van der Waals surface area contributed by atoms with Crippen LogP contribution < -0.4 is 20.7 Å². The number of nitrogens with one attached hydrogen (secondary N) is 3.